The van der Waals surface area contributed by atoms with Crippen LogP contribution in [0.5, 0.6) is 0 Å². The molecule has 0 aliphatic heterocycles. The van der Waals surface area contributed by atoms with Gasteiger partial charge in [0, 0.05) is 6.21 Å². The van der Waals surface area contributed by atoms with Gasteiger partial charge in [-0.2, -0.15) is 13.2 Å². The van der Waals surface area contributed by atoms with E-state index in [4.69, 9.17) is 5.41 Å². The number of allylic oxidation sites excluding steroid dienone is 6. The van der Waals surface area contributed by atoms with Crippen molar-refractivity contribution >= 4 is 6.21 Å². The summed E-state index contributed by atoms with van der Waals surface area (Å²) >= 11 is 0. The quantitative estimate of drug-likeness (QED) is 0.691. The molecule has 2 aliphatic carbocycles. The van der Waals surface area contributed by atoms with Crippen molar-refractivity contribution in [3.05, 3.63) is 34.4 Å². The largest absolute Gasteiger partial charge is 0.416 e. The predicted octanol–water partition coefficient (Wildman–Crippen LogP) is 4.72. The van der Waals surface area contributed by atoms with Crippen molar-refractivity contribution in [3.8, 4) is 0 Å². The van der Waals surface area contributed by atoms with E-state index in [1.54, 1.807) is 0 Å². The number of halogens is 3. The SMILES string of the molecule is N=CC1=CC(C(F)(F)F)=C(C2=CCCCC2)CC1. The van der Waals surface area contributed by atoms with Crippen LogP contribution >= 0.6 is 0 Å². The van der Waals surface area contributed by atoms with Crippen LogP contribution in [-0.4, -0.2) is 12.4 Å². The minimum Gasteiger partial charge on any atom is -0.308 e. The maximum Gasteiger partial charge on any atom is 0.416 e. The molecular formula is C14H16F3N. The number of alkyl halides is 3. The molecule has 0 aromatic heterocycles. The Bertz CT molecular complexity index is 438. The van der Waals surface area contributed by atoms with Crippen LogP contribution in [0.1, 0.15) is 38.5 Å². The van der Waals surface area contributed by atoms with Gasteiger partial charge in [0.2, 0.25) is 0 Å². The van der Waals surface area contributed by atoms with Crippen LogP contribution in [0, 0.1) is 5.41 Å². The summed E-state index contributed by atoms with van der Waals surface area (Å²) in [5.74, 6) is 0. The zero-order chi connectivity index (χ0) is 13.2. The first-order valence-corrected chi connectivity index (χ1v) is 6.23. The first-order valence-electron chi connectivity index (χ1n) is 6.23. The van der Waals surface area contributed by atoms with Crippen LogP contribution in [0.15, 0.2) is 34.4 Å². The normalized spacial score (nSPS) is 21.5. The van der Waals surface area contributed by atoms with Gasteiger partial charge in [0.15, 0.2) is 0 Å². The summed E-state index contributed by atoms with van der Waals surface area (Å²) in [6.45, 7) is 0. The zero-order valence-corrected chi connectivity index (χ0v) is 10.1. The van der Waals surface area contributed by atoms with Crippen LogP contribution in [-0.2, 0) is 0 Å². The van der Waals surface area contributed by atoms with Crippen molar-refractivity contribution in [3.63, 3.8) is 0 Å². The molecule has 0 amide bonds. The third-order valence-electron chi connectivity index (χ3n) is 3.49. The summed E-state index contributed by atoms with van der Waals surface area (Å²) in [4.78, 5) is 0. The van der Waals surface area contributed by atoms with E-state index in [-0.39, 0.29) is 0 Å². The van der Waals surface area contributed by atoms with Crippen molar-refractivity contribution in [2.24, 2.45) is 0 Å². The highest BCUT2D eigenvalue weighted by Gasteiger charge is 2.37. The van der Waals surface area contributed by atoms with Crippen LogP contribution in [0.3, 0.4) is 0 Å². The van der Waals surface area contributed by atoms with Gasteiger partial charge in [-0.1, -0.05) is 6.08 Å². The Hall–Kier alpha value is -1.32. The molecule has 0 spiro atoms. The highest BCUT2D eigenvalue weighted by Crippen LogP contribution is 2.40. The van der Waals surface area contributed by atoms with Gasteiger partial charge in [-0.15, -0.1) is 0 Å². The highest BCUT2D eigenvalue weighted by molar-refractivity contribution is 5.78. The van der Waals surface area contributed by atoms with E-state index in [9.17, 15) is 13.2 Å². The number of nitrogens with one attached hydrogen (secondary N) is 1. The van der Waals surface area contributed by atoms with Crippen molar-refractivity contribution in [1.29, 1.82) is 5.41 Å². The van der Waals surface area contributed by atoms with E-state index in [1.807, 2.05) is 6.08 Å². The zero-order valence-electron chi connectivity index (χ0n) is 10.1. The average Bonchev–Trinajstić information content (AvgIpc) is 2.38. The summed E-state index contributed by atoms with van der Waals surface area (Å²) in [6.07, 6.45) is 4.42. The molecule has 0 aromatic carbocycles. The second-order valence-corrected chi connectivity index (χ2v) is 4.73. The maximum atomic E-state index is 13.1. The second kappa shape index (κ2) is 5.12. The topological polar surface area (TPSA) is 23.9 Å². The summed E-state index contributed by atoms with van der Waals surface area (Å²) in [6, 6.07) is 0. The standard InChI is InChI=1S/C14H16F3N/c15-14(16,17)13-8-10(9-18)6-7-12(13)11-4-2-1-3-5-11/h4,8-9,18H,1-3,5-7H2. The minimum atomic E-state index is -4.32. The minimum absolute atomic E-state index is 0.405. The molecule has 1 nitrogen and oxygen atoms in total. The van der Waals surface area contributed by atoms with Gasteiger partial charge in [-0.3, -0.25) is 0 Å². The smallest absolute Gasteiger partial charge is 0.308 e. The molecule has 4 heteroatoms. The lowest BCUT2D eigenvalue weighted by Crippen LogP contribution is -2.17. The monoisotopic (exact) mass is 255 g/mol. The number of hydrogen-bond donors (Lipinski definition) is 1. The van der Waals surface area contributed by atoms with E-state index >= 15 is 0 Å². The fourth-order valence-corrected chi connectivity index (χ4v) is 2.56. The Labute approximate surface area is 105 Å². The van der Waals surface area contributed by atoms with Crippen LogP contribution in [0.25, 0.3) is 0 Å². The second-order valence-electron chi connectivity index (χ2n) is 4.73. The molecule has 0 saturated heterocycles. The predicted molar refractivity (Wildman–Crippen MR) is 65.7 cm³/mol. The average molecular weight is 255 g/mol. The summed E-state index contributed by atoms with van der Waals surface area (Å²) in [5.41, 5.74) is 1.24. The first kappa shape index (κ1) is 13.1. The van der Waals surface area contributed by atoms with E-state index in [0.717, 1.165) is 43.5 Å². The van der Waals surface area contributed by atoms with Crippen molar-refractivity contribution < 1.29 is 13.2 Å². The van der Waals surface area contributed by atoms with E-state index in [2.05, 4.69) is 0 Å². The molecular weight excluding hydrogens is 239 g/mol. The summed E-state index contributed by atoms with van der Waals surface area (Å²) in [7, 11) is 0. The number of hydrogen-bond acceptors (Lipinski definition) is 1. The van der Waals surface area contributed by atoms with Crippen LogP contribution in [0.4, 0.5) is 13.2 Å². The Balaban J connectivity index is 2.44. The Morgan fingerprint density at radius 3 is 2.44 bits per heavy atom. The molecule has 1 N–H and O–H groups in total. The summed E-state index contributed by atoms with van der Waals surface area (Å²) in [5, 5.41) is 7.10. The molecule has 0 atom stereocenters. The Morgan fingerprint density at radius 1 is 1.11 bits per heavy atom. The van der Waals surface area contributed by atoms with Gasteiger partial charge in [-0.05, 0) is 61.3 Å². The first-order chi connectivity index (χ1) is 8.52. The molecule has 0 fully saturated rings. The molecule has 0 saturated carbocycles. The molecule has 0 bridgehead atoms. The van der Waals surface area contributed by atoms with Gasteiger partial charge >= 0.3 is 6.18 Å². The summed E-state index contributed by atoms with van der Waals surface area (Å²) < 4.78 is 39.2. The molecule has 2 rings (SSSR count). The third-order valence-corrected chi connectivity index (χ3v) is 3.49. The molecule has 18 heavy (non-hydrogen) atoms. The van der Waals surface area contributed by atoms with Crippen molar-refractivity contribution in [2.75, 3.05) is 0 Å². The van der Waals surface area contributed by atoms with Gasteiger partial charge in [0.25, 0.3) is 0 Å². The molecule has 0 heterocycles. The van der Waals surface area contributed by atoms with Crippen molar-refractivity contribution in [1.82, 2.24) is 0 Å². The molecule has 0 unspecified atom stereocenters. The molecule has 2 aliphatic rings. The van der Waals surface area contributed by atoms with E-state index in [1.165, 1.54) is 0 Å². The molecule has 0 aromatic rings. The number of rotatable bonds is 2. The van der Waals surface area contributed by atoms with E-state index < -0.39 is 11.7 Å². The van der Waals surface area contributed by atoms with Crippen molar-refractivity contribution in [2.45, 2.75) is 44.7 Å². The van der Waals surface area contributed by atoms with Gasteiger partial charge < -0.3 is 5.41 Å². The van der Waals surface area contributed by atoms with E-state index in [0.29, 0.717) is 24.0 Å². The lowest BCUT2D eigenvalue weighted by Gasteiger charge is -2.24. The van der Waals surface area contributed by atoms with Gasteiger partial charge in [0.05, 0.1) is 5.57 Å². The highest BCUT2D eigenvalue weighted by atomic mass is 19.4. The lowest BCUT2D eigenvalue weighted by molar-refractivity contribution is -0.0892. The molecule has 0 radical (unpaired) electrons. The Morgan fingerprint density at radius 2 is 1.89 bits per heavy atom. The third kappa shape index (κ3) is 2.74. The van der Waals surface area contributed by atoms with Gasteiger partial charge in [0.1, 0.15) is 0 Å². The fraction of sp³-hybridized carbons (Fsp3) is 0.500. The Kier molecular flexibility index (Phi) is 3.73. The van der Waals surface area contributed by atoms with Gasteiger partial charge in [-0.25, -0.2) is 0 Å². The van der Waals surface area contributed by atoms with Crippen LogP contribution in [0.2, 0.25) is 0 Å². The van der Waals surface area contributed by atoms with Crippen LogP contribution < -0.4 is 0 Å². The molecule has 98 valence electrons. The maximum absolute atomic E-state index is 13.1. The fourth-order valence-electron chi connectivity index (χ4n) is 2.56. The lowest BCUT2D eigenvalue weighted by atomic mass is 9.83.